The Kier molecular flexibility index (Phi) is 5.45. The molecule has 0 unspecified atom stereocenters. The summed E-state index contributed by atoms with van der Waals surface area (Å²) < 4.78 is 5.32. The van der Waals surface area contributed by atoms with E-state index in [9.17, 15) is 4.79 Å². The minimum atomic E-state index is -0.165. The molecule has 0 aliphatic heterocycles. The van der Waals surface area contributed by atoms with E-state index in [1.54, 1.807) is 19.2 Å². The van der Waals surface area contributed by atoms with Gasteiger partial charge in [0.15, 0.2) is 6.61 Å². The third-order valence-corrected chi connectivity index (χ3v) is 2.38. The molecule has 1 aromatic rings. The lowest BCUT2D eigenvalue weighted by Gasteiger charge is -2.15. The molecule has 3 N–H and O–H groups in total. The number of hydrogen-bond acceptors (Lipinski definition) is 4. The first-order chi connectivity index (χ1) is 8.17. The Morgan fingerprint density at radius 3 is 2.59 bits per heavy atom. The molecule has 17 heavy (non-hydrogen) atoms. The maximum atomic E-state index is 11.5. The fourth-order valence-electron chi connectivity index (χ4n) is 1.25. The van der Waals surface area contributed by atoms with E-state index in [-0.39, 0.29) is 19.1 Å². The van der Waals surface area contributed by atoms with Gasteiger partial charge in [-0.3, -0.25) is 4.79 Å². The predicted octanol–water partition coefficient (Wildman–Crippen LogP) is -0.0252. The Morgan fingerprint density at radius 2 is 2.06 bits per heavy atom. The Labute approximate surface area is 101 Å². The van der Waals surface area contributed by atoms with Crippen molar-refractivity contribution in [3.8, 4) is 5.75 Å². The summed E-state index contributed by atoms with van der Waals surface area (Å²) in [4.78, 5) is 12.9. The van der Waals surface area contributed by atoms with Crippen molar-refractivity contribution in [2.24, 2.45) is 5.73 Å². The lowest BCUT2D eigenvalue weighted by atomic mass is 10.2. The Morgan fingerprint density at radius 1 is 1.41 bits per heavy atom. The van der Waals surface area contributed by atoms with Gasteiger partial charge in [-0.25, -0.2) is 0 Å². The van der Waals surface area contributed by atoms with Crippen molar-refractivity contribution in [3.63, 3.8) is 0 Å². The van der Waals surface area contributed by atoms with Gasteiger partial charge >= 0.3 is 0 Å². The molecule has 5 nitrogen and oxygen atoms in total. The minimum absolute atomic E-state index is 0.0293. The second-order valence-electron chi connectivity index (χ2n) is 3.68. The normalized spacial score (nSPS) is 10.1. The number of carbonyl (C=O) groups excluding carboxylic acids is 1. The van der Waals surface area contributed by atoms with Gasteiger partial charge in [-0.2, -0.15) is 0 Å². The van der Waals surface area contributed by atoms with E-state index < -0.39 is 0 Å². The SMILES string of the molecule is CN(CCO)C(=O)COc1ccc(CN)cc1. The summed E-state index contributed by atoms with van der Waals surface area (Å²) in [5.74, 6) is 0.467. The fraction of sp³-hybridized carbons (Fsp3) is 0.417. The number of nitrogens with two attached hydrogens (primary N) is 1. The molecule has 0 aliphatic carbocycles. The maximum absolute atomic E-state index is 11.5. The molecule has 0 fully saturated rings. The van der Waals surface area contributed by atoms with E-state index in [1.165, 1.54) is 4.90 Å². The van der Waals surface area contributed by atoms with Crippen molar-refractivity contribution >= 4 is 5.91 Å². The topological polar surface area (TPSA) is 75.8 Å². The summed E-state index contributed by atoms with van der Waals surface area (Å²) in [5.41, 5.74) is 6.48. The monoisotopic (exact) mass is 238 g/mol. The van der Waals surface area contributed by atoms with Crippen LogP contribution in [0.1, 0.15) is 5.56 Å². The van der Waals surface area contributed by atoms with Gasteiger partial charge in [0.2, 0.25) is 0 Å². The number of aliphatic hydroxyl groups excluding tert-OH is 1. The van der Waals surface area contributed by atoms with Crippen molar-refractivity contribution in [3.05, 3.63) is 29.8 Å². The van der Waals surface area contributed by atoms with Crippen LogP contribution >= 0.6 is 0 Å². The van der Waals surface area contributed by atoms with Crippen LogP contribution in [-0.2, 0) is 11.3 Å². The average Bonchev–Trinajstić information content (AvgIpc) is 2.36. The number of ether oxygens (including phenoxy) is 1. The molecule has 0 heterocycles. The van der Waals surface area contributed by atoms with Gasteiger partial charge < -0.3 is 20.5 Å². The van der Waals surface area contributed by atoms with E-state index in [4.69, 9.17) is 15.6 Å². The van der Waals surface area contributed by atoms with Crippen LogP contribution in [0.3, 0.4) is 0 Å². The zero-order valence-electron chi connectivity index (χ0n) is 9.93. The highest BCUT2D eigenvalue weighted by molar-refractivity contribution is 5.77. The van der Waals surface area contributed by atoms with Crippen molar-refractivity contribution in [2.75, 3.05) is 26.8 Å². The van der Waals surface area contributed by atoms with Crippen LogP contribution in [0.15, 0.2) is 24.3 Å². The lowest BCUT2D eigenvalue weighted by Crippen LogP contribution is -2.33. The van der Waals surface area contributed by atoms with E-state index in [0.29, 0.717) is 18.8 Å². The number of likely N-dealkylation sites (N-methyl/N-ethyl adjacent to an activating group) is 1. The third-order valence-electron chi connectivity index (χ3n) is 2.38. The molecule has 0 saturated heterocycles. The number of carbonyl (C=O) groups is 1. The van der Waals surface area contributed by atoms with Gasteiger partial charge in [-0.15, -0.1) is 0 Å². The van der Waals surface area contributed by atoms with E-state index in [2.05, 4.69) is 0 Å². The summed E-state index contributed by atoms with van der Waals surface area (Å²) in [5, 5.41) is 8.68. The maximum Gasteiger partial charge on any atom is 0.260 e. The average molecular weight is 238 g/mol. The molecule has 1 rings (SSSR count). The highest BCUT2D eigenvalue weighted by Crippen LogP contribution is 2.11. The van der Waals surface area contributed by atoms with Crippen LogP contribution in [-0.4, -0.2) is 42.7 Å². The highest BCUT2D eigenvalue weighted by Gasteiger charge is 2.08. The third kappa shape index (κ3) is 4.42. The van der Waals surface area contributed by atoms with Gasteiger partial charge in [0.1, 0.15) is 5.75 Å². The molecule has 5 heteroatoms. The standard InChI is InChI=1S/C12H18N2O3/c1-14(6-7-15)12(16)9-17-11-4-2-10(8-13)3-5-11/h2-5,15H,6-9,13H2,1H3. The molecule has 0 aromatic heterocycles. The second kappa shape index (κ2) is 6.88. The number of nitrogens with zero attached hydrogens (tertiary/aromatic N) is 1. The first-order valence-corrected chi connectivity index (χ1v) is 5.44. The van der Waals surface area contributed by atoms with Gasteiger partial charge in [0.25, 0.3) is 5.91 Å². The summed E-state index contributed by atoms with van der Waals surface area (Å²) in [6.45, 7) is 0.721. The van der Waals surface area contributed by atoms with Crippen LogP contribution in [0.25, 0.3) is 0 Å². The first-order valence-electron chi connectivity index (χ1n) is 5.44. The van der Waals surface area contributed by atoms with E-state index in [1.807, 2.05) is 12.1 Å². The molecular weight excluding hydrogens is 220 g/mol. The Balaban J connectivity index is 2.41. The molecule has 1 amide bonds. The van der Waals surface area contributed by atoms with Crippen LogP contribution in [0, 0.1) is 0 Å². The zero-order chi connectivity index (χ0) is 12.7. The number of benzene rings is 1. The quantitative estimate of drug-likeness (QED) is 0.730. The van der Waals surface area contributed by atoms with Gasteiger partial charge in [-0.05, 0) is 17.7 Å². The van der Waals surface area contributed by atoms with Crippen LogP contribution in [0.2, 0.25) is 0 Å². The molecule has 0 spiro atoms. The lowest BCUT2D eigenvalue weighted by molar-refractivity contribution is -0.132. The Hall–Kier alpha value is -1.59. The van der Waals surface area contributed by atoms with Crippen molar-refractivity contribution in [1.29, 1.82) is 0 Å². The summed E-state index contributed by atoms with van der Waals surface area (Å²) in [6.07, 6.45) is 0. The molecule has 0 aliphatic rings. The predicted molar refractivity (Wildman–Crippen MR) is 64.6 cm³/mol. The van der Waals surface area contributed by atoms with Gasteiger partial charge in [-0.1, -0.05) is 12.1 Å². The van der Waals surface area contributed by atoms with Crippen LogP contribution in [0.5, 0.6) is 5.75 Å². The number of hydrogen-bond donors (Lipinski definition) is 2. The smallest absolute Gasteiger partial charge is 0.260 e. The number of rotatable bonds is 6. The van der Waals surface area contributed by atoms with Gasteiger partial charge in [0.05, 0.1) is 6.61 Å². The van der Waals surface area contributed by atoms with Gasteiger partial charge in [0, 0.05) is 20.1 Å². The highest BCUT2D eigenvalue weighted by atomic mass is 16.5. The van der Waals surface area contributed by atoms with E-state index >= 15 is 0 Å². The molecule has 94 valence electrons. The van der Waals surface area contributed by atoms with Crippen LogP contribution in [0.4, 0.5) is 0 Å². The molecule has 0 bridgehead atoms. The van der Waals surface area contributed by atoms with Crippen molar-refractivity contribution in [2.45, 2.75) is 6.54 Å². The summed E-state index contributed by atoms with van der Waals surface area (Å²) in [7, 11) is 1.62. The number of aliphatic hydroxyl groups is 1. The van der Waals surface area contributed by atoms with Crippen molar-refractivity contribution in [1.82, 2.24) is 4.90 Å². The number of amides is 1. The summed E-state index contributed by atoms with van der Waals surface area (Å²) in [6, 6.07) is 7.28. The molecule has 1 aromatic carbocycles. The van der Waals surface area contributed by atoms with Crippen molar-refractivity contribution < 1.29 is 14.6 Å². The molecule has 0 radical (unpaired) electrons. The zero-order valence-corrected chi connectivity index (χ0v) is 9.93. The Bertz CT molecular complexity index is 351. The molecule has 0 atom stereocenters. The van der Waals surface area contributed by atoms with Crippen LogP contribution < -0.4 is 10.5 Å². The first kappa shape index (κ1) is 13.5. The fourth-order valence-corrected chi connectivity index (χ4v) is 1.25. The van der Waals surface area contributed by atoms with E-state index in [0.717, 1.165) is 5.56 Å². The molecular formula is C12H18N2O3. The minimum Gasteiger partial charge on any atom is -0.484 e. The largest absolute Gasteiger partial charge is 0.484 e. The molecule has 0 saturated carbocycles. The second-order valence-corrected chi connectivity index (χ2v) is 3.68. The summed E-state index contributed by atoms with van der Waals surface area (Å²) >= 11 is 0.